The number of nitrogens with two attached hydrogens (primary N) is 1. The van der Waals surface area contributed by atoms with E-state index < -0.39 is 29.8 Å². The summed E-state index contributed by atoms with van der Waals surface area (Å²) in [5, 5.41) is 17.6. The second-order valence-corrected chi connectivity index (χ2v) is 7.17. The number of nitrogens with one attached hydrogen (secondary N) is 2. The van der Waals surface area contributed by atoms with Gasteiger partial charge in [0.25, 0.3) is 5.91 Å². The van der Waals surface area contributed by atoms with Gasteiger partial charge in [-0.05, 0) is 30.7 Å². The van der Waals surface area contributed by atoms with Crippen LogP contribution in [0.3, 0.4) is 0 Å². The molecular weight excluding hydrogens is 403 g/mol. The topological polar surface area (TPSA) is 154 Å². The average Bonchev–Trinajstić information content (AvgIpc) is 2.99. The number of para-hydroxylation sites is 1. The molecule has 4 N–H and O–H groups in total. The van der Waals surface area contributed by atoms with Gasteiger partial charge in [0.05, 0.1) is 23.8 Å². The molecule has 4 atom stereocenters. The maximum atomic E-state index is 12.9. The molecule has 2 unspecified atom stereocenters. The van der Waals surface area contributed by atoms with Crippen LogP contribution in [0, 0.1) is 5.92 Å². The molecule has 0 aromatic heterocycles. The number of primary amides is 1. The number of amides is 2. The zero-order valence-electron chi connectivity index (χ0n) is 16.3. The number of piperidine rings is 1. The Morgan fingerprint density at radius 3 is 2.57 bits per heavy atom. The summed E-state index contributed by atoms with van der Waals surface area (Å²) in [7, 11) is 0. The molecule has 0 saturated carbocycles. The molecule has 2 fully saturated rings. The van der Waals surface area contributed by atoms with Gasteiger partial charge >= 0.3 is 35.7 Å². The smallest absolute Gasteiger partial charge is 0.543 e. The van der Waals surface area contributed by atoms with Crippen molar-refractivity contribution in [3.63, 3.8) is 0 Å². The van der Waals surface area contributed by atoms with Gasteiger partial charge in [-0.1, -0.05) is 18.2 Å². The Morgan fingerprint density at radius 1 is 1.23 bits per heavy atom. The van der Waals surface area contributed by atoms with E-state index in [1.165, 1.54) is 4.90 Å². The van der Waals surface area contributed by atoms with Gasteiger partial charge in [0, 0.05) is 11.6 Å². The molecule has 3 aliphatic heterocycles. The maximum absolute atomic E-state index is 12.9. The number of hydrogen-bond donors (Lipinski definition) is 3. The van der Waals surface area contributed by atoms with Crippen LogP contribution in [0.5, 0.6) is 0 Å². The molecule has 1 aromatic rings. The van der Waals surface area contributed by atoms with Gasteiger partial charge in [-0.2, -0.15) is 0 Å². The van der Waals surface area contributed by atoms with Gasteiger partial charge < -0.3 is 35.9 Å². The normalized spacial score (nSPS) is 26.1. The number of aliphatic carboxylic acids is 1. The SMILES string of the molecule is NC(=O)OCC1=C(C(=O)[O-])N2C(C(=O)C(=O)Nc3ccccc3)[C@H]3NCCC1[C@H]32.[Na+]. The fourth-order valence-corrected chi connectivity index (χ4v) is 4.58. The van der Waals surface area contributed by atoms with Crippen LogP contribution in [0.25, 0.3) is 0 Å². The first-order valence-corrected chi connectivity index (χ1v) is 9.18. The Bertz CT molecular complexity index is 921. The van der Waals surface area contributed by atoms with Gasteiger partial charge in [0.1, 0.15) is 12.6 Å². The number of carboxylic acids is 1. The van der Waals surface area contributed by atoms with E-state index in [-0.39, 0.29) is 59.9 Å². The minimum absolute atomic E-state index is 0. The predicted molar refractivity (Wildman–Crippen MR) is 97.0 cm³/mol. The summed E-state index contributed by atoms with van der Waals surface area (Å²) in [5.41, 5.74) is 5.63. The molecule has 0 spiro atoms. The van der Waals surface area contributed by atoms with Crippen molar-refractivity contribution in [3.05, 3.63) is 41.6 Å². The molecule has 2 saturated heterocycles. The summed E-state index contributed by atoms with van der Waals surface area (Å²) >= 11 is 0. The molecule has 0 aliphatic carbocycles. The van der Waals surface area contributed by atoms with Crippen LogP contribution in [0.1, 0.15) is 6.42 Å². The average molecular weight is 422 g/mol. The van der Waals surface area contributed by atoms with E-state index >= 15 is 0 Å². The number of ether oxygens (including phenoxy) is 1. The first-order valence-electron chi connectivity index (χ1n) is 9.18. The molecule has 0 bridgehead atoms. The minimum Gasteiger partial charge on any atom is -0.543 e. The van der Waals surface area contributed by atoms with Crippen molar-refractivity contribution in [1.82, 2.24) is 10.2 Å². The molecule has 30 heavy (non-hydrogen) atoms. The first kappa shape index (κ1) is 22.3. The molecular formula is C19H19N4NaO6. The summed E-state index contributed by atoms with van der Waals surface area (Å²) in [6.07, 6.45) is -0.423. The monoisotopic (exact) mass is 422 g/mol. The molecule has 4 rings (SSSR count). The zero-order valence-corrected chi connectivity index (χ0v) is 18.3. The Kier molecular flexibility index (Phi) is 6.51. The van der Waals surface area contributed by atoms with Crippen molar-refractivity contribution in [2.75, 3.05) is 18.5 Å². The third-order valence-electron chi connectivity index (χ3n) is 5.67. The van der Waals surface area contributed by atoms with Gasteiger partial charge in [-0.25, -0.2) is 4.79 Å². The fraction of sp³-hybridized carbons (Fsp3) is 0.368. The Hall–Kier alpha value is -2.40. The van der Waals surface area contributed by atoms with Gasteiger partial charge in [-0.3, -0.25) is 9.59 Å². The molecule has 10 nitrogen and oxygen atoms in total. The van der Waals surface area contributed by atoms with E-state index in [1.54, 1.807) is 30.3 Å². The zero-order chi connectivity index (χ0) is 20.7. The molecule has 3 aliphatic rings. The van der Waals surface area contributed by atoms with Crippen molar-refractivity contribution in [1.29, 1.82) is 0 Å². The third kappa shape index (κ3) is 3.71. The van der Waals surface area contributed by atoms with Crippen LogP contribution in [-0.4, -0.2) is 59.9 Å². The number of carboxylic acid groups (broad SMARTS) is 1. The minimum atomic E-state index is -1.48. The number of carbonyl (C=O) groups is 4. The van der Waals surface area contributed by atoms with E-state index in [9.17, 15) is 24.3 Å². The van der Waals surface area contributed by atoms with Gasteiger partial charge in [-0.15, -0.1) is 0 Å². The molecule has 11 heteroatoms. The number of Topliss-reactive ketones (excluding diaryl/α,β-unsaturated/α-hetero) is 1. The number of carbonyl (C=O) groups excluding carboxylic acids is 4. The number of anilines is 1. The first-order chi connectivity index (χ1) is 13.9. The quantitative estimate of drug-likeness (QED) is 0.305. The van der Waals surface area contributed by atoms with Gasteiger partial charge in [0.15, 0.2) is 0 Å². The third-order valence-corrected chi connectivity index (χ3v) is 5.67. The predicted octanol–water partition coefficient (Wildman–Crippen LogP) is -4.66. The summed E-state index contributed by atoms with van der Waals surface area (Å²) < 4.78 is 4.82. The Balaban J connectivity index is 0.00000256. The van der Waals surface area contributed by atoms with Crippen molar-refractivity contribution in [2.45, 2.75) is 24.5 Å². The molecule has 0 radical (unpaired) electrons. The van der Waals surface area contributed by atoms with Crippen molar-refractivity contribution in [2.24, 2.45) is 11.7 Å². The van der Waals surface area contributed by atoms with Crippen molar-refractivity contribution >= 4 is 29.4 Å². The largest absolute Gasteiger partial charge is 1.00 e. The number of benzene rings is 1. The van der Waals surface area contributed by atoms with E-state index in [1.807, 2.05) is 0 Å². The number of ketones is 1. The fourth-order valence-electron chi connectivity index (χ4n) is 4.58. The van der Waals surface area contributed by atoms with E-state index in [0.29, 0.717) is 24.2 Å². The summed E-state index contributed by atoms with van der Waals surface area (Å²) in [5.74, 6) is -3.29. The van der Waals surface area contributed by atoms with Crippen molar-refractivity contribution in [3.8, 4) is 0 Å². The van der Waals surface area contributed by atoms with Gasteiger partial charge in [0.2, 0.25) is 5.78 Å². The second kappa shape index (κ2) is 8.76. The van der Waals surface area contributed by atoms with E-state index in [2.05, 4.69) is 10.6 Å². The standard InChI is InChI=1S/C19H20N4O6.Na/c20-19(28)29-8-11-10-6-7-21-12-13(10)23(14(11)18(26)27)15(12)16(24)17(25)22-9-4-2-1-3-5-9;/h1-5,10,12-13,15,21H,6-8H2,(H2,20,28)(H,22,25)(H,26,27);/q;+1/p-1/t10?,12-,13+,15?;/m0./s1. The summed E-state index contributed by atoms with van der Waals surface area (Å²) in [6, 6.07) is 6.81. The van der Waals surface area contributed by atoms with Crippen molar-refractivity contribution < 1.29 is 58.6 Å². The maximum Gasteiger partial charge on any atom is 1.00 e. The number of rotatable bonds is 6. The Morgan fingerprint density at radius 2 is 1.93 bits per heavy atom. The summed E-state index contributed by atoms with van der Waals surface area (Å²) in [6.45, 7) is 0.240. The second-order valence-electron chi connectivity index (χ2n) is 7.17. The molecule has 152 valence electrons. The summed E-state index contributed by atoms with van der Waals surface area (Å²) in [4.78, 5) is 49.6. The number of nitrogens with zero attached hydrogens (tertiary/aromatic N) is 1. The molecule has 1 aromatic carbocycles. The molecule has 2 amide bonds. The van der Waals surface area contributed by atoms with Crippen LogP contribution in [0.4, 0.5) is 10.5 Å². The van der Waals surface area contributed by atoms with Crippen LogP contribution >= 0.6 is 0 Å². The Labute approximate surface area is 194 Å². The van der Waals surface area contributed by atoms with Crippen LogP contribution in [0.2, 0.25) is 0 Å². The number of hydrogen-bond acceptors (Lipinski definition) is 8. The van der Waals surface area contributed by atoms with Crippen LogP contribution in [-0.2, 0) is 19.1 Å². The molecule has 3 heterocycles. The van der Waals surface area contributed by atoms with E-state index in [0.717, 1.165) is 0 Å². The van der Waals surface area contributed by atoms with Crippen LogP contribution < -0.4 is 51.0 Å². The van der Waals surface area contributed by atoms with E-state index in [4.69, 9.17) is 10.5 Å². The van der Waals surface area contributed by atoms with Crippen LogP contribution in [0.15, 0.2) is 41.6 Å².